The number of nitrogens with zero attached hydrogens (tertiary/aromatic N) is 2. The zero-order valence-electron chi connectivity index (χ0n) is 18.2. The molecule has 0 saturated heterocycles. The summed E-state index contributed by atoms with van der Waals surface area (Å²) >= 11 is 1.53. The number of hydrogen-bond acceptors (Lipinski definition) is 5. The summed E-state index contributed by atoms with van der Waals surface area (Å²) in [6.07, 6.45) is 0. The third-order valence-electron chi connectivity index (χ3n) is 5.18. The van der Waals surface area contributed by atoms with Crippen LogP contribution in [0.4, 0.5) is 10.1 Å². The van der Waals surface area contributed by atoms with Gasteiger partial charge >= 0.3 is 0 Å². The lowest BCUT2D eigenvalue weighted by atomic mass is 10.1. The predicted octanol–water partition coefficient (Wildman–Crippen LogP) is 7.30. The van der Waals surface area contributed by atoms with Crippen molar-refractivity contribution in [1.82, 2.24) is 4.98 Å². The predicted molar refractivity (Wildman–Crippen MR) is 130 cm³/mol. The summed E-state index contributed by atoms with van der Waals surface area (Å²) in [6, 6.07) is 22.1. The van der Waals surface area contributed by atoms with Gasteiger partial charge < -0.3 is 9.15 Å². The standard InChI is InChI=1S/C27H21FN2O2S/c1-3-31-24-6-4-5-19-15-22(26(32-25(19)24)29-21-13-11-20(28)12-14-21)27-30-23(16-33-27)18-9-7-17(2)8-10-18/h4-16H,3H2,1-2H3. The van der Waals surface area contributed by atoms with Crippen LogP contribution in [0.5, 0.6) is 5.75 Å². The molecule has 3 aromatic carbocycles. The molecular formula is C27H21FN2O2S. The zero-order chi connectivity index (χ0) is 22.8. The van der Waals surface area contributed by atoms with Crippen molar-refractivity contribution >= 4 is 28.0 Å². The summed E-state index contributed by atoms with van der Waals surface area (Å²) in [5.74, 6) is 0.336. The lowest BCUT2D eigenvalue weighted by Crippen LogP contribution is -2.06. The van der Waals surface area contributed by atoms with Crippen LogP contribution >= 0.6 is 11.3 Å². The van der Waals surface area contributed by atoms with Crippen LogP contribution < -0.4 is 10.3 Å². The Labute approximate surface area is 194 Å². The zero-order valence-corrected chi connectivity index (χ0v) is 19.0. The van der Waals surface area contributed by atoms with Crippen molar-refractivity contribution in [3.05, 3.63) is 95.1 Å². The third kappa shape index (κ3) is 4.43. The van der Waals surface area contributed by atoms with Crippen LogP contribution in [0, 0.1) is 12.7 Å². The van der Waals surface area contributed by atoms with E-state index in [4.69, 9.17) is 14.1 Å². The molecule has 33 heavy (non-hydrogen) atoms. The molecule has 0 spiro atoms. The highest BCUT2D eigenvalue weighted by molar-refractivity contribution is 7.13. The Morgan fingerprint density at radius 2 is 1.82 bits per heavy atom. The Balaban J connectivity index is 1.70. The average Bonchev–Trinajstić information content (AvgIpc) is 3.31. The van der Waals surface area contributed by atoms with Crippen LogP contribution in [0.2, 0.25) is 0 Å². The van der Waals surface area contributed by atoms with Crippen molar-refractivity contribution in [3.63, 3.8) is 0 Å². The molecule has 0 N–H and O–H groups in total. The molecule has 0 aliphatic heterocycles. The van der Waals surface area contributed by atoms with E-state index in [1.54, 1.807) is 12.1 Å². The summed E-state index contributed by atoms with van der Waals surface area (Å²) in [7, 11) is 0. The molecule has 0 saturated carbocycles. The Morgan fingerprint density at radius 1 is 1.03 bits per heavy atom. The number of aromatic nitrogens is 1. The number of halogens is 1. The molecule has 0 fully saturated rings. The third-order valence-corrected chi connectivity index (χ3v) is 6.05. The van der Waals surface area contributed by atoms with Gasteiger partial charge in [0.2, 0.25) is 5.55 Å². The van der Waals surface area contributed by atoms with E-state index in [9.17, 15) is 4.39 Å². The van der Waals surface area contributed by atoms with Crippen molar-refractivity contribution in [1.29, 1.82) is 0 Å². The number of hydrogen-bond donors (Lipinski definition) is 0. The second-order valence-corrected chi connectivity index (χ2v) is 8.42. The van der Waals surface area contributed by atoms with Gasteiger partial charge in [-0.2, -0.15) is 0 Å². The topological polar surface area (TPSA) is 47.6 Å². The van der Waals surface area contributed by atoms with Gasteiger partial charge in [0.1, 0.15) is 10.8 Å². The molecule has 2 aromatic heterocycles. The molecule has 5 rings (SSSR count). The molecule has 0 radical (unpaired) electrons. The fourth-order valence-electron chi connectivity index (χ4n) is 3.52. The van der Waals surface area contributed by atoms with Gasteiger partial charge in [0, 0.05) is 16.3 Å². The van der Waals surface area contributed by atoms with Crippen LogP contribution in [0.25, 0.3) is 32.8 Å². The lowest BCUT2D eigenvalue weighted by Gasteiger charge is -2.08. The largest absolute Gasteiger partial charge is 0.490 e. The number of ether oxygens (including phenoxy) is 1. The lowest BCUT2D eigenvalue weighted by molar-refractivity contribution is 0.337. The molecule has 2 heterocycles. The molecule has 164 valence electrons. The number of thiazole rings is 1. The summed E-state index contributed by atoms with van der Waals surface area (Å²) < 4.78 is 25.5. The van der Waals surface area contributed by atoms with Gasteiger partial charge in [-0.15, -0.1) is 11.3 Å². The second-order valence-electron chi connectivity index (χ2n) is 7.56. The first-order chi connectivity index (χ1) is 16.1. The summed E-state index contributed by atoms with van der Waals surface area (Å²) in [6.45, 7) is 4.51. The summed E-state index contributed by atoms with van der Waals surface area (Å²) in [5, 5.41) is 3.71. The molecule has 0 aliphatic rings. The maximum atomic E-state index is 13.4. The van der Waals surface area contributed by atoms with E-state index in [-0.39, 0.29) is 5.82 Å². The Bertz CT molecular complexity index is 1490. The van der Waals surface area contributed by atoms with E-state index in [1.165, 1.54) is 29.0 Å². The first-order valence-corrected chi connectivity index (χ1v) is 11.5. The molecule has 0 atom stereocenters. The smallest absolute Gasteiger partial charge is 0.230 e. The van der Waals surface area contributed by atoms with Gasteiger partial charge in [0.25, 0.3) is 0 Å². The van der Waals surface area contributed by atoms with Gasteiger partial charge in [-0.25, -0.2) is 14.4 Å². The fraction of sp³-hybridized carbons (Fsp3) is 0.111. The van der Waals surface area contributed by atoms with Crippen LogP contribution in [0.15, 0.2) is 87.6 Å². The minimum Gasteiger partial charge on any atom is -0.490 e. The van der Waals surface area contributed by atoms with Crippen LogP contribution in [0.3, 0.4) is 0 Å². The van der Waals surface area contributed by atoms with Crippen molar-refractivity contribution in [2.75, 3.05) is 6.61 Å². The maximum Gasteiger partial charge on any atom is 0.230 e. The van der Waals surface area contributed by atoms with Gasteiger partial charge in [-0.05, 0) is 50.2 Å². The monoisotopic (exact) mass is 456 g/mol. The molecule has 0 bridgehead atoms. The first-order valence-electron chi connectivity index (χ1n) is 10.6. The van der Waals surface area contributed by atoms with E-state index in [2.05, 4.69) is 36.2 Å². The Kier molecular flexibility index (Phi) is 5.75. The molecule has 5 aromatic rings. The van der Waals surface area contributed by atoms with E-state index < -0.39 is 0 Å². The molecule has 0 amide bonds. The number of rotatable bonds is 5. The molecular weight excluding hydrogens is 435 g/mol. The van der Waals surface area contributed by atoms with E-state index >= 15 is 0 Å². The number of aryl methyl sites for hydroxylation is 1. The first kappa shape index (κ1) is 21.1. The number of benzene rings is 3. The van der Waals surface area contributed by atoms with E-state index in [0.29, 0.717) is 29.2 Å². The average molecular weight is 457 g/mol. The van der Waals surface area contributed by atoms with Crippen molar-refractivity contribution in [3.8, 4) is 27.6 Å². The SMILES string of the molecule is CCOc1cccc2cc(-c3nc(-c4ccc(C)cc4)cs3)c(=Nc3ccc(F)cc3)oc12. The van der Waals surface area contributed by atoms with E-state index in [1.807, 2.05) is 36.6 Å². The van der Waals surface area contributed by atoms with Gasteiger partial charge in [0.15, 0.2) is 11.3 Å². The van der Waals surface area contributed by atoms with Gasteiger partial charge in [-0.1, -0.05) is 42.0 Å². The van der Waals surface area contributed by atoms with Crippen molar-refractivity contribution in [2.45, 2.75) is 13.8 Å². The van der Waals surface area contributed by atoms with Crippen LogP contribution in [-0.4, -0.2) is 11.6 Å². The summed E-state index contributed by atoms with van der Waals surface area (Å²) in [5.41, 5.74) is 5.51. The van der Waals surface area contributed by atoms with Crippen molar-refractivity contribution < 1.29 is 13.5 Å². The quantitative estimate of drug-likeness (QED) is 0.279. The normalized spacial score (nSPS) is 11.8. The minimum atomic E-state index is -0.314. The number of fused-ring (bicyclic) bond motifs is 1. The van der Waals surface area contributed by atoms with Crippen LogP contribution in [0.1, 0.15) is 12.5 Å². The molecule has 0 unspecified atom stereocenters. The molecule has 4 nitrogen and oxygen atoms in total. The highest BCUT2D eigenvalue weighted by atomic mass is 32.1. The molecule has 0 aliphatic carbocycles. The Morgan fingerprint density at radius 3 is 2.58 bits per heavy atom. The molecule has 6 heteroatoms. The second kappa shape index (κ2) is 9.00. The fourth-order valence-corrected chi connectivity index (χ4v) is 4.35. The van der Waals surface area contributed by atoms with Crippen molar-refractivity contribution in [2.24, 2.45) is 4.99 Å². The van der Waals surface area contributed by atoms with E-state index in [0.717, 1.165) is 27.2 Å². The highest BCUT2D eigenvalue weighted by Gasteiger charge is 2.14. The number of para-hydroxylation sites is 1. The van der Waals surface area contributed by atoms with Gasteiger partial charge in [0.05, 0.1) is 23.6 Å². The highest BCUT2D eigenvalue weighted by Crippen LogP contribution is 2.32. The van der Waals surface area contributed by atoms with Crippen LogP contribution in [-0.2, 0) is 0 Å². The van der Waals surface area contributed by atoms with Gasteiger partial charge in [-0.3, -0.25) is 0 Å². The summed E-state index contributed by atoms with van der Waals surface area (Å²) in [4.78, 5) is 9.55. The minimum absolute atomic E-state index is 0.314. The Hall–Kier alpha value is -3.77. The maximum absolute atomic E-state index is 13.4.